The minimum Gasteiger partial charge on any atom is -0.497 e. The van der Waals surface area contributed by atoms with Crippen molar-refractivity contribution in [1.29, 1.82) is 0 Å². The Balaban J connectivity index is 1.59. The van der Waals surface area contributed by atoms with Crippen LogP contribution in [0.5, 0.6) is 23.1 Å². The normalized spacial score (nSPS) is 10.6. The number of pyridine rings is 1. The first-order valence-electron chi connectivity index (χ1n) is 9.24. The summed E-state index contributed by atoms with van der Waals surface area (Å²) in [6, 6.07) is 15.9. The molecule has 152 valence electrons. The summed E-state index contributed by atoms with van der Waals surface area (Å²) >= 11 is 0. The van der Waals surface area contributed by atoms with Crippen molar-refractivity contribution in [2.75, 3.05) is 19.5 Å². The number of aryl methyl sites for hydroxylation is 1. The number of benzene rings is 2. The Morgan fingerprint density at radius 3 is 2.40 bits per heavy atom. The SMILES string of the molecule is COc1ccc(Oc2ncccc2NC(=O)c2oc3ccc(OC)cc3c2C)cc1. The van der Waals surface area contributed by atoms with Gasteiger partial charge in [-0.1, -0.05) is 0 Å². The predicted molar refractivity (Wildman–Crippen MR) is 113 cm³/mol. The van der Waals surface area contributed by atoms with Crippen LogP contribution >= 0.6 is 0 Å². The summed E-state index contributed by atoms with van der Waals surface area (Å²) in [6.07, 6.45) is 1.59. The molecule has 0 fully saturated rings. The minimum atomic E-state index is -0.393. The van der Waals surface area contributed by atoms with Gasteiger partial charge in [0.25, 0.3) is 5.91 Å². The van der Waals surface area contributed by atoms with E-state index in [9.17, 15) is 4.79 Å². The summed E-state index contributed by atoms with van der Waals surface area (Å²) < 4.78 is 22.0. The molecule has 7 nitrogen and oxygen atoms in total. The fourth-order valence-corrected chi connectivity index (χ4v) is 3.05. The number of carbonyl (C=O) groups excluding carboxylic acids is 1. The van der Waals surface area contributed by atoms with Gasteiger partial charge in [-0.25, -0.2) is 4.98 Å². The van der Waals surface area contributed by atoms with Gasteiger partial charge in [-0.3, -0.25) is 4.79 Å². The third-order valence-electron chi connectivity index (χ3n) is 4.64. The van der Waals surface area contributed by atoms with Gasteiger partial charge in [-0.2, -0.15) is 0 Å². The fourth-order valence-electron chi connectivity index (χ4n) is 3.05. The van der Waals surface area contributed by atoms with Gasteiger partial charge in [0.05, 0.1) is 14.2 Å². The van der Waals surface area contributed by atoms with Crippen LogP contribution in [0.4, 0.5) is 5.69 Å². The van der Waals surface area contributed by atoms with Crippen LogP contribution in [0.25, 0.3) is 11.0 Å². The fraction of sp³-hybridized carbons (Fsp3) is 0.130. The summed E-state index contributed by atoms with van der Waals surface area (Å²) in [6.45, 7) is 1.83. The molecular formula is C23H20N2O5. The summed E-state index contributed by atoms with van der Waals surface area (Å²) in [5.41, 5.74) is 1.76. The van der Waals surface area contributed by atoms with Gasteiger partial charge >= 0.3 is 0 Å². The molecule has 0 unspecified atom stereocenters. The molecule has 2 aromatic carbocycles. The zero-order valence-corrected chi connectivity index (χ0v) is 16.8. The van der Waals surface area contributed by atoms with Crippen molar-refractivity contribution < 1.29 is 23.4 Å². The molecule has 4 rings (SSSR count). The van der Waals surface area contributed by atoms with Crippen molar-refractivity contribution in [3.8, 4) is 23.1 Å². The maximum absolute atomic E-state index is 12.9. The van der Waals surface area contributed by atoms with E-state index in [1.54, 1.807) is 68.9 Å². The Morgan fingerprint density at radius 1 is 0.967 bits per heavy atom. The number of carbonyl (C=O) groups is 1. The predicted octanol–water partition coefficient (Wildman–Crippen LogP) is 5.20. The van der Waals surface area contributed by atoms with Crippen molar-refractivity contribution in [3.63, 3.8) is 0 Å². The molecule has 0 aliphatic heterocycles. The van der Waals surface area contributed by atoms with Gasteiger partial charge in [-0.15, -0.1) is 0 Å². The zero-order chi connectivity index (χ0) is 21.1. The Kier molecular flexibility index (Phi) is 5.26. The number of anilines is 1. The van der Waals surface area contributed by atoms with Crippen LogP contribution in [-0.2, 0) is 0 Å². The largest absolute Gasteiger partial charge is 0.497 e. The number of amides is 1. The van der Waals surface area contributed by atoms with Crippen LogP contribution in [0.15, 0.2) is 65.2 Å². The standard InChI is InChI=1S/C23H20N2O5/c1-14-18-13-17(28-3)10-11-20(18)30-21(14)22(26)25-19-5-4-12-24-23(19)29-16-8-6-15(27-2)7-9-16/h4-13H,1-3H3,(H,25,26). The van der Waals surface area contributed by atoms with Crippen molar-refractivity contribution in [2.45, 2.75) is 6.92 Å². The molecule has 1 amide bonds. The van der Waals surface area contributed by atoms with Gasteiger partial charge in [0.2, 0.25) is 5.88 Å². The molecule has 2 aromatic heterocycles. The zero-order valence-electron chi connectivity index (χ0n) is 16.8. The quantitative estimate of drug-likeness (QED) is 0.476. The molecule has 7 heteroatoms. The number of nitrogens with one attached hydrogen (secondary N) is 1. The molecule has 0 bridgehead atoms. The number of furan rings is 1. The number of hydrogen-bond donors (Lipinski definition) is 1. The molecule has 2 heterocycles. The van der Waals surface area contributed by atoms with E-state index in [4.69, 9.17) is 18.6 Å². The topological polar surface area (TPSA) is 82.8 Å². The summed E-state index contributed by atoms with van der Waals surface area (Å²) in [5.74, 6) is 2.07. The molecule has 0 saturated carbocycles. The van der Waals surface area contributed by atoms with Crippen molar-refractivity contribution in [3.05, 3.63) is 72.1 Å². The van der Waals surface area contributed by atoms with E-state index >= 15 is 0 Å². The average Bonchev–Trinajstić information content (AvgIpc) is 3.11. The molecule has 30 heavy (non-hydrogen) atoms. The Morgan fingerprint density at radius 2 is 1.67 bits per heavy atom. The highest BCUT2D eigenvalue weighted by Gasteiger charge is 2.20. The summed E-state index contributed by atoms with van der Waals surface area (Å²) in [5, 5.41) is 3.64. The summed E-state index contributed by atoms with van der Waals surface area (Å²) in [4.78, 5) is 17.1. The first-order chi connectivity index (χ1) is 14.6. The van der Waals surface area contributed by atoms with Crippen LogP contribution < -0.4 is 19.5 Å². The minimum absolute atomic E-state index is 0.220. The number of methoxy groups -OCH3 is 2. The van der Waals surface area contributed by atoms with Gasteiger partial charge in [0.15, 0.2) is 5.76 Å². The lowest BCUT2D eigenvalue weighted by atomic mass is 10.1. The number of nitrogens with zero attached hydrogens (tertiary/aromatic N) is 1. The Labute approximate surface area is 173 Å². The second kappa shape index (κ2) is 8.16. The number of ether oxygens (including phenoxy) is 3. The van der Waals surface area contributed by atoms with Crippen LogP contribution in [0, 0.1) is 6.92 Å². The highest BCUT2D eigenvalue weighted by Crippen LogP contribution is 2.31. The molecule has 0 radical (unpaired) electrons. The van der Waals surface area contributed by atoms with E-state index in [0.29, 0.717) is 28.5 Å². The maximum atomic E-state index is 12.9. The van der Waals surface area contributed by atoms with E-state index in [2.05, 4.69) is 10.3 Å². The second-order valence-electron chi connectivity index (χ2n) is 6.51. The lowest BCUT2D eigenvalue weighted by molar-refractivity contribution is 0.0997. The van der Waals surface area contributed by atoms with E-state index in [1.807, 2.05) is 13.0 Å². The van der Waals surface area contributed by atoms with Gasteiger partial charge < -0.3 is 23.9 Å². The van der Waals surface area contributed by atoms with Gasteiger partial charge in [-0.05, 0) is 61.5 Å². The summed E-state index contributed by atoms with van der Waals surface area (Å²) in [7, 11) is 3.19. The molecule has 1 N–H and O–H groups in total. The molecule has 0 aliphatic carbocycles. The van der Waals surface area contributed by atoms with Crippen LogP contribution in [0.1, 0.15) is 16.1 Å². The smallest absolute Gasteiger partial charge is 0.291 e. The van der Waals surface area contributed by atoms with Crippen molar-refractivity contribution in [1.82, 2.24) is 4.98 Å². The first kappa shape index (κ1) is 19.3. The second-order valence-corrected chi connectivity index (χ2v) is 6.51. The number of fused-ring (bicyclic) bond motifs is 1. The first-order valence-corrected chi connectivity index (χ1v) is 9.24. The molecular weight excluding hydrogens is 384 g/mol. The number of rotatable bonds is 6. The van der Waals surface area contributed by atoms with Crippen LogP contribution in [-0.4, -0.2) is 25.1 Å². The monoisotopic (exact) mass is 404 g/mol. The molecule has 0 atom stereocenters. The lowest BCUT2D eigenvalue weighted by Gasteiger charge is -2.11. The molecule has 0 spiro atoms. The molecule has 0 aliphatic rings. The van der Waals surface area contributed by atoms with Gasteiger partial charge in [0, 0.05) is 17.1 Å². The third-order valence-corrected chi connectivity index (χ3v) is 4.64. The molecule has 0 saturated heterocycles. The average molecular weight is 404 g/mol. The third kappa shape index (κ3) is 3.77. The highest BCUT2D eigenvalue weighted by molar-refractivity contribution is 6.07. The van der Waals surface area contributed by atoms with E-state index in [1.165, 1.54) is 0 Å². The van der Waals surface area contributed by atoms with Gasteiger partial charge in [0.1, 0.15) is 28.5 Å². The van der Waals surface area contributed by atoms with Crippen LogP contribution in [0.2, 0.25) is 0 Å². The van der Waals surface area contributed by atoms with Crippen molar-refractivity contribution in [2.24, 2.45) is 0 Å². The molecule has 4 aromatic rings. The Hall–Kier alpha value is -4.00. The number of aromatic nitrogens is 1. The van der Waals surface area contributed by atoms with E-state index in [-0.39, 0.29) is 11.6 Å². The van der Waals surface area contributed by atoms with E-state index in [0.717, 1.165) is 10.9 Å². The Bertz CT molecular complexity index is 1200. The highest BCUT2D eigenvalue weighted by atomic mass is 16.5. The number of hydrogen-bond acceptors (Lipinski definition) is 6. The maximum Gasteiger partial charge on any atom is 0.291 e. The van der Waals surface area contributed by atoms with E-state index < -0.39 is 5.91 Å². The lowest BCUT2D eigenvalue weighted by Crippen LogP contribution is -2.13. The van der Waals surface area contributed by atoms with Crippen LogP contribution in [0.3, 0.4) is 0 Å². The van der Waals surface area contributed by atoms with Crippen molar-refractivity contribution >= 4 is 22.6 Å².